The maximum Gasteiger partial charge on any atom is 0.280 e. The van der Waals surface area contributed by atoms with Crippen molar-refractivity contribution in [2.75, 3.05) is 50.1 Å². The number of hydrogen-bond acceptors (Lipinski definition) is 11. The number of anilines is 2. The van der Waals surface area contributed by atoms with E-state index in [1.807, 2.05) is 18.7 Å². The Labute approximate surface area is 240 Å². The van der Waals surface area contributed by atoms with Crippen LogP contribution in [-0.4, -0.2) is 70.2 Å². The van der Waals surface area contributed by atoms with Gasteiger partial charge in [-0.25, -0.2) is 4.98 Å². The zero-order valence-corrected chi connectivity index (χ0v) is 24.4. The van der Waals surface area contributed by atoms with Gasteiger partial charge in [0.1, 0.15) is 0 Å². The predicted octanol–water partition coefficient (Wildman–Crippen LogP) is 3.81. The summed E-state index contributed by atoms with van der Waals surface area (Å²) in [5.41, 5.74) is 0.902. The maximum atomic E-state index is 13.6. The van der Waals surface area contributed by atoms with Crippen LogP contribution < -0.4 is 23.8 Å². The second kappa shape index (κ2) is 13.5. The average molecular weight is 584 g/mol. The van der Waals surface area contributed by atoms with Crippen molar-refractivity contribution in [1.29, 1.82) is 0 Å². The van der Waals surface area contributed by atoms with Crippen LogP contribution in [0.1, 0.15) is 32.3 Å². The SMILES string of the molecule is CC#CC(OC)Oc1nc(N2CCOCC2)nc(NS(=O)(=O)c2ccc(C(C)C)cn2)c1Oc1ccccc1OC. The van der Waals surface area contributed by atoms with Crippen LogP contribution in [0.25, 0.3) is 0 Å². The van der Waals surface area contributed by atoms with Crippen LogP contribution in [0.4, 0.5) is 11.8 Å². The summed E-state index contributed by atoms with van der Waals surface area (Å²) in [6, 6.07) is 10.0. The van der Waals surface area contributed by atoms with Crippen molar-refractivity contribution in [2.24, 2.45) is 0 Å². The Hall–Kier alpha value is -4.12. The lowest BCUT2D eigenvalue weighted by Gasteiger charge is -2.28. The highest BCUT2D eigenvalue weighted by atomic mass is 32.2. The second-order valence-electron chi connectivity index (χ2n) is 9.13. The highest BCUT2D eigenvalue weighted by molar-refractivity contribution is 7.92. The number of benzene rings is 1. The molecule has 0 radical (unpaired) electrons. The van der Waals surface area contributed by atoms with E-state index in [9.17, 15) is 8.42 Å². The van der Waals surface area contributed by atoms with Crippen molar-refractivity contribution >= 4 is 21.8 Å². The quantitative estimate of drug-likeness (QED) is 0.261. The van der Waals surface area contributed by atoms with Gasteiger partial charge in [-0.15, -0.1) is 5.92 Å². The molecule has 1 aromatic carbocycles. The molecule has 0 amide bonds. The van der Waals surface area contributed by atoms with Gasteiger partial charge in [0.25, 0.3) is 22.2 Å². The summed E-state index contributed by atoms with van der Waals surface area (Å²) >= 11 is 0. The summed E-state index contributed by atoms with van der Waals surface area (Å²) in [5.74, 6) is 6.20. The predicted molar refractivity (Wildman–Crippen MR) is 152 cm³/mol. The third kappa shape index (κ3) is 7.35. The fraction of sp³-hybridized carbons (Fsp3) is 0.393. The summed E-state index contributed by atoms with van der Waals surface area (Å²) in [4.78, 5) is 15.2. The van der Waals surface area contributed by atoms with Gasteiger partial charge in [0.15, 0.2) is 22.3 Å². The van der Waals surface area contributed by atoms with Crippen LogP contribution in [0.5, 0.6) is 23.1 Å². The monoisotopic (exact) mass is 583 g/mol. The Kier molecular flexibility index (Phi) is 9.82. The van der Waals surface area contributed by atoms with Crippen LogP contribution in [0.15, 0.2) is 47.6 Å². The van der Waals surface area contributed by atoms with Gasteiger partial charge in [-0.05, 0) is 42.5 Å². The van der Waals surface area contributed by atoms with Crippen molar-refractivity contribution in [2.45, 2.75) is 38.0 Å². The van der Waals surface area contributed by atoms with Crippen molar-refractivity contribution in [3.8, 4) is 35.0 Å². The molecule has 3 aromatic rings. The molecule has 1 unspecified atom stereocenters. The average Bonchev–Trinajstić information content (AvgIpc) is 2.98. The van der Waals surface area contributed by atoms with E-state index in [0.29, 0.717) is 32.1 Å². The fourth-order valence-electron chi connectivity index (χ4n) is 3.81. The Morgan fingerprint density at radius 2 is 1.78 bits per heavy atom. The summed E-state index contributed by atoms with van der Waals surface area (Å²) in [6.45, 7) is 7.51. The minimum Gasteiger partial charge on any atom is -0.493 e. The molecular formula is C28H33N5O7S. The summed E-state index contributed by atoms with van der Waals surface area (Å²) < 4.78 is 58.1. The summed E-state index contributed by atoms with van der Waals surface area (Å²) in [6.07, 6.45) is 0.508. The van der Waals surface area contributed by atoms with Crippen molar-refractivity contribution in [1.82, 2.24) is 15.0 Å². The summed E-state index contributed by atoms with van der Waals surface area (Å²) in [7, 11) is -1.30. The molecule has 0 spiro atoms. The van der Waals surface area contributed by atoms with Crippen LogP contribution >= 0.6 is 0 Å². The minimum atomic E-state index is -4.22. The molecule has 0 bridgehead atoms. The van der Waals surface area contributed by atoms with Gasteiger partial charge in [-0.3, -0.25) is 4.72 Å². The molecule has 3 heterocycles. The topological polar surface area (TPSA) is 134 Å². The minimum absolute atomic E-state index is 0.0946. The zero-order valence-electron chi connectivity index (χ0n) is 23.6. The number of methoxy groups -OCH3 is 2. The van der Waals surface area contributed by atoms with E-state index in [1.54, 1.807) is 37.3 Å². The van der Waals surface area contributed by atoms with E-state index in [2.05, 4.69) is 31.5 Å². The maximum absolute atomic E-state index is 13.6. The van der Waals surface area contributed by atoms with Crippen LogP contribution in [-0.2, 0) is 19.5 Å². The first-order valence-electron chi connectivity index (χ1n) is 12.9. The number of nitrogens with zero attached hydrogens (tertiary/aromatic N) is 4. The molecule has 0 saturated carbocycles. The van der Waals surface area contributed by atoms with E-state index < -0.39 is 16.3 Å². The lowest BCUT2D eigenvalue weighted by Crippen LogP contribution is -2.37. The van der Waals surface area contributed by atoms with E-state index >= 15 is 0 Å². The van der Waals surface area contributed by atoms with Crippen LogP contribution in [0.2, 0.25) is 0 Å². The Morgan fingerprint density at radius 3 is 2.39 bits per heavy atom. The molecule has 13 heteroatoms. The fourth-order valence-corrected chi connectivity index (χ4v) is 4.74. The molecule has 12 nitrogen and oxygen atoms in total. The first-order chi connectivity index (χ1) is 19.7. The van der Waals surface area contributed by atoms with Crippen LogP contribution in [0.3, 0.4) is 0 Å². The number of sulfonamides is 1. The standard InChI is InChI=1S/C28H33N5O7S/c1-6-9-24(37-5)40-27-25(39-22-11-8-7-10-21(22)36-4)26(30-28(31-27)33-14-16-38-17-15-33)32-41(34,35)23-13-12-20(18-29-23)19(2)3/h7-8,10-13,18-19,24H,14-17H2,1-5H3,(H,30,31,32). The highest BCUT2D eigenvalue weighted by Crippen LogP contribution is 2.42. The van der Waals surface area contributed by atoms with E-state index in [0.717, 1.165) is 5.56 Å². The smallest absolute Gasteiger partial charge is 0.280 e. The molecule has 0 aliphatic carbocycles. The van der Waals surface area contributed by atoms with Crippen molar-refractivity contribution in [3.63, 3.8) is 0 Å². The van der Waals surface area contributed by atoms with Gasteiger partial charge in [0.2, 0.25) is 11.7 Å². The zero-order chi connectivity index (χ0) is 29.4. The highest BCUT2D eigenvalue weighted by Gasteiger charge is 2.28. The molecule has 2 aromatic heterocycles. The number of pyridine rings is 1. The Morgan fingerprint density at radius 1 is 1.05 bits per heavy atom. The van der Waals surface area contributed by atoms with E-state index in [4.69, 9.17) is 23.7 Å². The first-order valence-corrected chi connectivity index (χ1v) is 14.4. The molecular weight excluding hydrogens is 550 g/mol. The molecule has 1 fully saturated rings. The molecule has 1 saturated heterocycles. The molecule has 218 valence electrons. The lowest BCUT2D eigenvalue weighted by molar-refractivity contribution is -0.0124. The number of para-hydroxylation sites is 2. The van der Waals surface area contributed by atoms with Gasteiger partial charge in [0, 0.05) is 26.4 Å². The first kappa shape index (κ1) is 29.9. The number of morpholine rings is 1. The molecule has 1 aliphatic heterocycles. The van der Waals surface area contributed by atoms with E-state index in [-0.39, 0.29) is 40.1 Å². The van der Waals surface area contributed by atoms with Gasteiger partial charge in [0.05, 0.1) is 20.3 Å². The number of ether oxygens (including phenoxy) is 5. The van der Waals surface area contributed by atoms with Crippen molar-refractivity contribution < 1.29 is 32.1 Å². The number of rotatable bonds is 11. The van der Waals surface area contributed by atoms with Gasteiger partial charge in [-0.2, -0.15) is 18.4 Å². The third-order valence-electron chi connectivity index (χ3n) is 6.02. The third-order valence-corrected chi connectivity index (χ3v) is 7.28. The Bertz CT molecular complexity index is 1500. The lowest BCUT2D eigenvalue weighted by atomic mass is 10.1. The molecule has 1 aliphatic rings. The van der Waals surface area contributed by atoms with Gasteiger partial charge < -0.3 is 28.6 Å². The van der Waals surface area contributed by atoms with Gasteiger partial charge in [-0.1, -0.05) is 32.0 Å². The normalized spacial score (nSPS) is 14.1. The second-order valence-corrected chi connectivity index (χ2v) is 10.8. The molecule has 41 heavy (non-hydrogen) atoms. The van der Waals surface area contributed by atoms with Crippen LogP contribution in [0, 0.1) is 11.8 Å². The Balaban J connectivity index is 1.86. The number of nitrogens with one attached hydrogen (secondary N) is 1. The number of aromatic nitrogens is 3. The van der Waals surface area contributed by atoms with E-state index in [1.165, 1.54) is 26.5 Å². The molecule has 1 atom stereocenters. The molecule has 1 N–H and O–H groups in total. The summed E-state index contributed by atoms with van der Waals surface area (Å²) in [5, 5.41) is -0.189. The number of hydrogen-bond donors (Lipinski definition) is 1. The molecule has 4 rings (SSSR count). The largest absolute Gasteiger partial charge is 0.493 e. The van der Waals surface area contributed by atoms with Crippen molar-refractivity contribution in [3.05, 3.63) is 48.2 Å². The van der Waals surface area contributed by atoms with Gasteiger partial charge >= 0.3 is 0 Å².